The minimum atomic E-state index is -4.61. The van der Waals surface area contributed by atoms with Gasteiger partial charge in [-0.1, -0.05) is 11.6 Å². The summed E-state index contributed by atoms with van der Waals surface area (Å²) in [5, 5.41) is 8.61. The largest absolute Gasteiger partial charge is 0.475 e. The van der Waals surface area contributed by atoms with E-state index in [9.17, 15) is 18.0 Å². The molecule has 1 aromatic heterocycles. The molecule has 0 radical (unpaired) electrons. The van der Waals surface area contributed by atoms with Gasteiger partial charge in [-0.2, -0.15) is 13.2 Å². The monoisotopic (exact) mass is 290 g/mol. The minimum absolute atomic E-state index is 0.0684. The molecule has 1 aromatic carbocycles. The van der Waals surface area contributed by atoms with Crippen molar-refractivity contribution in [1.82, 2.24) is 0 Å². The second-order valence-corrected chi connectivity index (χ2v) is 4.09. The van der Waals surface area contributed by atoms with E-state index in [4.69, 9.17) is 21.1 Å². The van der Waals surface area contributed by atoms with E-state index in [-0.39, 0.29) is 16.3 Å². The molecule has 100 valence electrons. The lowest BCUT2D eigenvalue weighted by molar-refractivity contribution is -0.137. The molecule has 0 unspecified atom stereocenters. The van der Waals surface area contributed by atoms with Gasteiger partial charge >= 0.3 is 12.1 Å². The van der Waals surface area contributed by atoms with Crippen molar-refractivity contribution in [3.05, 3.63) is 46.7 Å². The van der Waals surface area contributed by atoms with Crippen molar-refractivity contribution < 1.29 is 27.5 Å². The zero-order chi connectivity index (χ0) is 14.2. The molecule has 3 nitrogen and oxygen atoms in total. The summed E-state index contributed by atoms with van der Waals surface area (Å²) in [6, 6.07) is 5.43. The second-order valence-electron chi connectivity index (χ2n) is 3.66. The molecule has 7 heteroatoms. The van der Waals surface area contributed by atoms with E-state index in [0.29, 0.717) is 0 Å². The summed E-state index contributed by atoms with van der Waals surface area (Å²) in [5.74, 6) is -1.96. The van der Waals surface area contributed by atoms with Crippen molar-refractivity contribution in [3.63, 3.8) is 0 Å². The van der Waals surface area contributed by atoms with E-state index in [0.717, 1.165) is 18.2 Å². The quantitative estimate of drug-likeness (QED) is 0.896. The molecule has 19 heavy (non-hydrogen) atoms. The van der Waals surface area contributed by atoms with E-state index in [1.54, 1.807) is 0 Å². The molecule has 0 saturated heterocycles. The van der Waals surface area contributed by atoms with Crippen LogP contribution in [0, 0.1) is 0 Å². The number of hydrogen-bond donors (Lipinski definition) is 1. The lowest BCUT2D eigenvalue weighted by atomic mass is 10.1. The van der Waals surface area contributed by atoms with Gasteiger partial charge in [-0.05, 0) is 30.3 Å². The summed E-state index contributed by atoms with van der Waals surface area (Å²) in [4.78, 5) is 10.6. The van der Waals surface area contributed by atoms with Gasteiger partial charge in [0, 0.05) is 10.6 Å². The highest BCUT2D eigenvalue weighted by atomic mass is 35.5. The van der Waals surface area contributed by atoms with Gasteiger partial charge in [0.25, 0.3) is 0 Å². The van der Waals surface area contributed by atoms with Crippen LogP contribution in [-0.4, -0.2) is 11.1 Å². The highest BCUT2D eigenvalue weighted by Crippen LogP contribution is 2.39. The fourth-order valence-electron chi connectivity index (χ4n) is 1.56. The molecular weight excluding hydrogens is 285 g/mol. The first-order valence-electron chi connectivity index (χ1n) is 4.99. The van der Waals surface area contributed by atoms with Crippen molar-refractivity contribution in [2.24, 2.45) is 0 Å². The third-order valence-electron chi connectivity index (χ3n) is 2.37. The predicted molar refractivity (Wildman–Crippen MR) is 61.1 cm³/mol. The zero-order valence-electron chi connectivity index (χ0n) is 9.16. The number of aromatic carboxylic acids is 1. The smallest absolute Gasteiger partial charge is 0.417 e. The molecule has 0 aliphatic carbocycles. The Morgan fingerprint density at radius 1 is 1.21 bits per heavy atom. The van der Waals surface area contributed by atoms with Gasteiger partial charge in [-0.25, -0.2) is 4.79 Å². The number of rotatable bonds is 2. The topological polar surface area (TPSA) is 50.4 Å². The SMILES string of the molecule is O=C(O)c1ccc(-c2ccc(Cl)cc2C(F)(F)F)o1. The van der Waals surface area contributed by atoms with Crippen LogP contribution in [0.1, 0.15) is 16.1 Å². The maximum absolute atomic E-state index is 12.9. The Hall–Kier alpha value is -1.95. The Bertz CT molecular complexity index is 631. The highest BCUT2D eigenvalue weighted by molar-refractivity contribution is 6.30. The van der Waals surface area contributed by atoms with Crippen molar-refractivity contribution in [1.29, 1.82) is 0 Å². The summed E-state index contributed by atoms with van der Waals surface area (Å²) >= 11 is 5.54. The van der Waals surface area contributed by atoms with E-state index < -0.39 is 23.5 Å². The van der Waals surface area contributed by atoms with Crippen LogP contribution in [-0.2, 0) is 6.18 Å². The number of carboxylic acid groups (broad SMARTS) is 1. The molecule has 0 aliphatic rings. The number of benzene rings is 1. The van der Waals surface area contributed by atoms with Gasteiger partial charge in [0.05, 0.1) is 5.56 Å². The summed E-state index contributed by atoms with van der Waals surface area (Å²) in [7, 11) is 0. The van der Waals surface area contributed by atoms with Gasteiger partial charge in [-0.3, -0.25) is 0 Å². The molecule has 2 aromatic rings. The Kier molecular flexibility index (Phi) is 3.28. The van der Waals surface area contributed by atoms with Crippen LogP contribution in [0.15, 0.2) is 34.7 Å². The summed E-state index contributed by atoms with van der Waals surface area (Å²) in [6.07, 6.45) is -4.61. The molecule has 0 spiro atoms. The molecule has 0 amide bonds. The number of carbonyl (C=O) groups is 1. The second kappa shape index (κ2) is 4.62. The Labute approximate surface area is 110 Å². The fraction of sp³-hybridized carbons (Fsp3) is 0.0833. The first-order valence-corrected chi connectivity index (χ1v) is 5.37. The summed E-state index contributed by atoms with van der Waals surface area (Å²) < 4.78 is 43.5. The Morgan fingerprint density at radius 3 is 2.42 bits per heavy atom. The van der Waals surface area contributed by atoms with Crippen LogP contribution in [0.5, 0.6) is 0 Å². The van der Waals surface area contributed by atoms with Gasteiger partial charge in [0.1, 0.15) is 5.76 Å². The normalized spacial score (nSPS) is 11.6. The number of alkyl halides is 3. The van der Waals surface area contributed by atoms with Crippen LogP contribution in [0.3, 0.4) is 0 Å². The highest BCUT2D eigenvalue weighted by Gasteiger charge is 2.34. The maximum atomic E-state index is 12.9. The summed E-state index contributed by atoms with van der Waals surface area (Å²) in [5.41, 5.74) is -1.24. The first kappa shape index (κ1) is 13.5. The maximum Gasteiger partial charge on any atom is 0.417 e. The van der Waals surface area contributed by atoms with Crippen LogP contribution < -0.4 is 0 Å². The molecular formula is C12H6ClF3O3. The number of hydrogen-bond acceptors (Lipinski definition) is 2. The molecule has 0 fully saturated rings. The molecule has 0 bridgehead atoms. The fourth-order valence-corrected chi connectivity index (χ4v) is 1.74. The van der Waals surface area contributed by atoms with E-state index >= 15 is 0 Å². The van der Waals surface area contributed by atoms with Crippen LogP contribution in [0.2, 0.25) is 5.02 Å². The van der Waals surface area contributed by atoms with E-state index in [1.165, 1.54) is 12.1 Å². The average molecular weight is 291 g/mol. The first-order chi connectivity index (χ1) is 8.79. The van der Waals surface area contributed by atoms with Crippen LogP contribution in [0.25, 0.3) is 11.3 Å². The van der Waals surface area contributed by atoms with Gasteiger partial charge in [0.2, 0.25) is 5.76 Å². The lowest BCUT2D eigenvalue weighted by Gasteiger charge is -2.11. The molecule has 2 rings (SSSR count). The van der Waals surface area contributed by atoms with Gasteiger partial charge in [-0.15, -0.1) is 0 Å². The van der Waals surface area contributed by atoms with E-state index in [2.05, 4.69) is 0 Å². The van der Waals surface area contributed by atoms with Crippen molar-refractivity contribution in [2.75, 3.05) is 0 Å². The molecule has 1 heterocycles. The number of furan rings is 1. The number of halogens is 4. The third kappa shape index (κ3) is 2.73. The standard InChI is InChI=1S/C12H6ClF3O3/c13-6-1-2-7(8(5-6)12(14,15)16)9-3-4-10(19-9)11(17)18/h1-5H,(H,17,18). The van der Waals surface area contributed by atoms with E-state index in [1.807, 2.05) is 0 Å². The van der Waals surface area contributed by atoms with Crippen molar-refractivity contribution in [2.45, 2.75) is 6.18 Å². The lowest BCUT2D eigenvalue weighted by Crippen LogP contribution is -2.06. The Morgan fingerprint density at radius 2 is 1.89 bits per heavy atom. The van der Waals surface area contributed by atoms with Crippen LogP contribution >= 0.6 is 11.6 Å². The Balaban J connectivity index is 2.58. The molecule has 1 N–H and O–H groups in total. The van der Waals surface area contributed by atoms with Crippen LogP contribution in [0.4, 0.5) is 13.2 Å². The summed E-state index contributed by atoms with van der Waals surface area (Å²) in [6.45, 7) is 0. The van der Waals surface area contributed by atoms with Crippen molar-refractivity contribution in [3.8, 4) is 11.3 Å². The van der Waals surface area contributed by atoms with Crippen molar-refractivity contribution >= 4 is 17.6 Å². The molecule has 0 aliphatic heterocycles. The average Bonchev–Trinajstić information content (AvgIpc) is 2.77. The van der Waals surface area contributed by atoms with Gasteiger partial charge < -0.3 is 9.52 Å². The minimum Gasteiger partial charge on any atom is -0.475 e. The zero-order valence-corrected chi connectivity index (χ0v) is 9.92. The molecule has 0 saturated carbocycles. The third-order valence-corrected chi connectivity index (χ3v) is 2.60. The van der Waals surface area contributed by atoms with Gasteiger partial charge in [0.15, 0.2) is 0 Å². The predicted octanol–water partition coefficient (Wildman–Crippen LogP) is 4.32. The molecule has 0 atom stereocenters. The number of carboxylic acids is 1.